The van der Waals surface area contributed by atoms with Crippen LogP contribution in [0.2, 0.25) is 0 Å². The molecule has 7 heteroatoms. The molecule has 1 aromatic heterocycles. The van der Waals surface area contributed by atoms with Crippen molar-refractivity contribution in [2.24, 2.45) is 0 Å². The topological polar surface area (TPSA) is 111 Å². The Hall–Kier alpha value is -1.63. The standard InChI is InChI=1S/C8H14N4O3/c1-2-5(13)3-4-9-6-7(14)10-8(15)12-11-6/h5,13H,2-4H2,1H3,(H,9,11)(H2,10,12,14,15). The van der Waals surface area contributed by atoms with Crippen LogP contribution in [-0.2, 0) is 0 Å². The maximum Gasteiger partial charge on any atom is 0.342 e. The zero-order valence-electron chi connectivity index (χ0n) is 8.41. The maximum atomic E-state index is 11.1. The Morgan fingerprint density at radius 3 is 2.87 bits per heavy atom. The van der Waals surface area contributed by atoms with Gasteiger partial charge in [0.2, 0.25) is 5.82 Å². The summed E-state index contributed by atoms with van der Waals surface area (Å²) in [6.07, 6.45) is 0.799. The molecule has 0 spiro atoms. The first kappa shape index (κ1) is 11.4. The number of aliphatic hydroxyl groups excluding tert-OH is 1. The summed E-state index contributed by atoms with van der Waals surface area (Å²) in [6.45, 7) is 2.30. The van der Waals surface area contributed by atoms with Crippen molar-refractivity contribution in [1.29, 1.82) is 0 Å². The highest BCUT2D eigenvalue weighted by Gasteiger charge is 2.03. The number of nitrogens with zero attached hydrogens (tertiary/aromatic N) is 1. The van der Waals surface area contributed by atoms with Gasteiger partial charge in [-0.1, -0.05) is 6.92 Å². The van der Waals surface area contributed by atoms with Crippen LogP contribution < -0.4 is 16.6 Å². The quantitative estimate of drug-likeness (QED) is 0.504. The third kappa shape index (κ3) is 3.55. The van der Waals surface area contributed by atoms with Crippen LogP contribution in [0.1, 0.15) is 19.8 Å². The molecule has 1 heterocycles. The van der Waals surface area contributed by atoms with Crippen molar-refractivity contribution in [2.45, 2.75) is 25.9 Å². The molecule has 0 fully saturated rings. The predicted molar refractivity (Wildman–Crippen MR) is 54.9 cm³/mol. The van der Waals surface area contributed by atoms with Crippen molar-refractivity contribution in [3.05, 3.63) is 20.8 Å². The molecule has 1 unspecified atom stereocenters. The van der Waals surface area contributed by atoms with Crippen molar-refractivity contribution in [3.63, 3.8) is 0 Å². The van der Waals surface area contributed by atoms with Crippen molar-refractivity contribution in [2.75, 3.05) is 11.9 Å². The van der Waals surface area contributed by atoms with E-state index in [1.807, 2.05) is 11.9 Å². The second-order valence-corrected chi connectivity index (χ2v) is 3.13. The van der Waals surface area contributed by atoms with E-state index in [1.54, 1.807) is 0 Å². The minimum absolute atomic E-state index is 0.0536. The smallest absolute Gasteiger partial charge is 0.342 e. The molecule has 0 aliphatic rings. The molecule has 0 aromatic carbocycles. The average Bonchev–Trinajstić information content (AvgIpc) is 2.21. The first-order valence-corrected chi connectivity index (χ1v) is 4.74. The molecular weight excluding hydrogens is 200 g/mol. The molecule has 4 N–H and O–H groups in total. The van der Waals surface area contributed by atoms with Crippen molar-refractivity contribution in [3.8, 4) is 0 Å². The molecular formula is C8H14N4O3. The molecule has 0 radical (unpaired) electrons. The largest absolute Gasteiger partial charge is 0.393 e. The Morgan fingerprint density at radius 1 is 1.53 bits per heavy atom. The average molecular weight is 214 g/mol. The van der Waals surface area contributed by atoms with Crippen molar-refractivity contribution < 1.29 is 5.11 Å². The molecule has 0 saturated heterocycles. The molecule has 7 nitrogen and oxygen atoms in total. The zero-order chi connectivity index (χ0) is 11.3. The van der Waals surface area contributed by atoms with E-state index < -0.39 is 11.2 Å². The van der Waals surface area contributed by atoms with Crippen LogP contribution in [0, 0.1) is 0 Å². The molecule has 0 aliphatic heterocycles. The monoisotopic (exact) mass is 214 g/mol. The Balaban J connectivity index is 2.51. The van der Waals surface area contributed by atoms with Gasteiger partial charge in [0.15, 0.2) is 0 Å². The Labute approximate surface area is 85.6 Å². The van der Waals surface area contributed by atoms with Crippen LogP contribution in [0.25, 0.3) is 0 Å². The van der Waals surface area contributed by atoms with E-state index in [0.29, 0.717) is 19.4 Å². The van der Waals surface area contributed by atoms with E-state index in [0.717, 1.165) is 0 Å². The van der Waals surface area contributed by atoms with Crippen LogP contribution in [0.3, 0.4) is 0 Å². The summed E-state index contributed by atoms with van der Waals surface area (Å²) in [4.78, 5) is 23.8. The van der Waals surface area contributed by atoms with Gasteiger partial charge >= 0.3 is 5.69 Å². The number of hydrogen-bond donors (Lipinski definition) is 4. The summed E-state index contributed by atoms with van der Waals surface area (Å²) in [5.41, 5.74) is -1.20. The first-order chi connectivity index (χ1) is 7.13. The van der Waals surface area contributed by atoms with Crippen LogP contribution in [0.15, 0.2) is 9.59 Å². The molecule has 0 bridgehead atoms. The first-order valence-electron chi connectivity index (χ1n) is 4.74. The van der Waals surface area contributed by atoms with E-state index in [1.165, 1.54) is 0 Å². The third-order valence-corrected chi connectivity index (χ3v) is 1.95. The summed E-state index contributed by atoms with van der Waals surface area (Å²) in [5, 5.41) is 17.6. The minimum Gasteiger partial charge on any atom is -0.393 e. The fourth-order valence-electron chi connectivity index (χ4n) is 1.03. The van der Waals surface area contributed by atoms with Gasteiger partial charge in [0.25, 0.3) is 5.56 Å². The number of anilines is 1. The van der Waals surface area contributed by atoms with E-state index in [2.05, 4.69) is 15.5 Å². The highest BCUT2D eigenvalue weighted by molar-refractivity contribution is 5.28. The van der Waals surface area contributed by atoms with E-state index in [4.69, 9.17) is 0 Å². The van der Waals surface area contributed by atoms with Gasteiger partial charge in [-0.2, -0.15) is 0 Å². The van der Waals surface area contributed by atoms with Gasteiger partial charge in [0.1, 0.15) is 0 Å². The van der Waals surface area contributed by atoms with Gasteiger partial charge < -0.3 is 10.4 Å². The second kappa shape index (κ2) is 5.30. The second-order valence-electron chi connectivity index (χ2n) is 3.13. The van der Waals surface area contributed by atoms with E-state index in [-0.39, 0.29) is 11.9 Å². The number of H-pyrrole nitrogens is 2. The SMILES string of the molecule is CCC(O)CCNc1n[nH]c(=O)[nH]c1=O. The zero-order valence-corrected chi connectivity index (χ0v) is 8.41. The summed E-state index contributed by atoms with van der Waals surface area (Å²) in [5.74, 6) is 0.0536. The number of aromatic amines is 2. The maximum absolute atomic E-state index is 11.1. The van der Waals surface area contributed by atoms with Crippen molar-refractivity contribution in [1.82, 2.24) is 15.2 Å². The van der Waals surface area contributed by atoms with Gasteiger partial charge in [-0.15, -0.1) is 5.10 Å². The molecule has 15 heavy (non-hydrogen) atoms. The third-order valence-electron chi connectivity index (χ3n) is 1.95. The van der Waals surface area contributed by atoms with Crippen molar-refractivity contribution >= 4 is 5.82 Å². The highest BCUT2D eigenvalue weighted by atomic mass is 16.3. The lowest BCUT2D eigenvalue weighted by Crippen LogP contribution is -2.27. The number of aromatic nitrogens is 3. The Kier molecular flexibility index (Phi) is 4.04. The summed E-state index contributed by atoms with van der Waals surface area (Å²) in [7, 11) is 0. The van der Waals surface area contributed by atoms with E-state index >= 15 is 0 Å². The lowest BCUT2D eigenvalue weighted by Gasteiger charge is -2.07. The van der Waals surface area contributed by atoms with Crippen LogP contribution >= 0.6 is 0 Å². The fourth-order valence-corrected chi connectivity index (χ4v) is 1.03. The summed E-state index contributed by atoms with van der Waals surface area (Å²) >= 11 is 0. The number of rotatable bonds is 5. The molecule has 84 valence electrons. The van der Waals surface area contributed by atoms with Crippen LogP contribution in [0.4, 0.5) is 5.82 Å². The van der Waals surface area contributed by atoms with Gasteiger partial charge in [0.05, 0.1) is 6.10 Å². The van der Waals surface area contributed by atoms with Gasteiger partial charge in [-0.3, -0.25) is 9.78 Å². The summed E-state index contributed by atoms with van der Waals surface area (Å²) in [6, 6.07) is 0. The fraction of sp³-hybridized carbons (Fsp3) is 0.625. The molecule has 0 saturated carbocycles. The summed E-state index contributed by atoms with van der Waals surface area (Å²) < 4.78 is 0. The van der Waals surface area contributed by atoms with E-state index in [9.17, 15) is 14.7 Å². The number of hydrogen-bond acceptors (Lipinski definition) is 5. The van der Waals surface area contributed by atoms with Crippen LogP contribution in [-0.4, -0.2) is 32.9 Å². The molecule has 0 aliphatic carbocycles. The predicted octanol–water partition coefficient (Wildman–Crippen LogP) is -0.969. The Bertz CT molecular complexity index is 411. The Morgan fingerprint density at radius 2 is 2.27 bits per heavy atom. The normalized spacial score (nSPS) is 12.4. The molecule has 0 amide bonds. The number of nitrogens with one attached hydrogen (secondary N) is 3. The molecule has 1 atom stereocenters. The van der Waals surface area contributed by atoms with Gasteiger partial charge in [-0.05, 0) is 12.8 Å². The van der Waals surface area contributed by atoms with Gasteiger partial charge in [0, 0.05) is 6.54 Å². The molecule has 1 rings (SSSR count). The number of aliphatic hydroxyl groups is 1. The lowest BCUT2D eigenvalue weighted by molar-refractivity contribution is 0.164. The lowest BCUT2D eigenvalue weighted by atomic mass is 10.2. The molecule has 1 aromatic rings. The highest BCUT2D eigenvalue weighted by Crippen LogP contribution is 1.96. The van der Waals surface area contributed by atoms with Gasteiger partial charge in [-0.25, -0.2) is 9.89 Å². The minimum atomic E-state index is -0.640. The van der Waals surface area contributed by atoms with Crippen LogP contribution in [0.5, 0.6) is 0 Å².